The highest BCUT2D eigenvalue weighted by Crippen LogP contribution is 2.18. The second kappa shape index (κ2) is 6.31. The fourth-order valence-electron chi connectivity index (χ4n) is 2.18. The van der Waals surface area contributed by atoms with Gasteiger partial charge in [-0.2, -0.15) is 0 Å². The normalized spacial score (nSPS) is 14.2. The molecule has 0 heterocycles. The Morgan fingerprint density at radius 2 is 2.00 bits per heavy atom. The van der Waals surface area contributed by atoms with Gasteiger partial charge in [-0.05, 0) is 37.8 Å². The molecule has 5 heteroatoms. The van der Waals surface area contributed by atoms with Gasteiger partial charge in [0.1, 0.15) is 17.2 Å². The van der Waals surface area contributed by atoms with Crippen molar-refractivity contribution in [2.24, 2.45) is 5.92 Å². The number of hydrogen-bond acceptors (Lipinski definition) is 2. The maximum absolute atomic E-state index is 13.8. The van der Waals surface area contributed by atoms with E-state index in [1.54, 1.807) is 6.92 Å². The van der Waals surface area contributed by atoms with Gasteiger partial charge in [-0.1, -0.05) is 19.9 Å². The van der Waals surface area contributed by atoms with Crippen LogP contribution in [0.15, 0.2) is 12.1 Å². The van der Waals surface area contributed by atoms with E-state index in [0.29, 0.717) is 6.42 Å². The third kappa shape index (κ3) is 4.27. The van der Waals surface area contributed by atoms with Crippen LogP contribution in [0.4, 0.5) is 8.78 Å². The molecule has 0 fully saturated rings. The Labute approximate surface area is 118 Å². The van der Waals surface area contributed by atoms with Gasteiger partial charge in [0.2, 0.25) is 0 Å². The zero-order chi connectivity index (χ0) is 15.5. The average Bonchev–Trinajstić information content (AvgIpc) is 2.30. The second-order valence-electron chi connectivity index (χ2n) is 5.83. The molecule has 2 N–H and O–H groups in total. The van der Waals surface area contributed by atoms with Gasteiger partial charge >= 0.3 is 0 Å². The maximum atomic E-state index is 13.8. The molecule has 0 aliphatic heterocycles. The summed E-state index contributed by atoms with van der Waals surface area (Å²) in [5.41, 5.74) is -1.52. The summed E-state index contributed by atoms with van der Waals surface area (Å²) >= 11 is 0. The van der Waals surface area contributed by atoms with Crippen molar-refractivity contribution in [3.8, 4) is 0 Å². The van der Waals surface area contributed by atoms with Gasteiger partial charge in [0.05, 0.1) is 5.60 Å². The quantitative estimate of drug-likeness (QED) is 0.874. The molecule has 1 rings (SSSR count). The molecule has 20 heavy (non-hydrogen) atoms. The molecule has 1 amide bonds. The molecule has 1 aromatic carbocycles. The fraction of sp³-hybridized carbons (Fsp3) is 0.533. The van der Waals surface area contributed by atoms with Gasteiger partial charge in [0.25, 0.3) is 5.91 Å². The Kier molecular flexibility index (Phi) is 5.22. The smallest absolute Gasteiger partial charge is 0.257 e. The van der Waals surface area contributed by atoms with E-state index in [-0.39, 0.29) is 18.0 Å². The van der Waals surface area contributed by atoms with Crippen LogP contribution in [-0.4, -0.2) is 23.2 Å². The fourth-order valence-corrected chi connectivity index (χ4v) is 2.18. The maximum Gasteiger partial charge on any atom is 0.257 e. The van der Waals surface area contributed by atoms with Crippen molar-refractivity contribution in [1.82, 2.24) is 5.32 Å². The molecule has 0 aliphatic carbocycles. The minimum Gasteiger partial charge on any atom is -0.388 e. The molecule has 0 bridgehead atoms. The van der Waals surface area contributed by atoms with E-state index < -0.39 is 28.7 Å². The number of halogens is 2. The van der Waals surface area contributed by atoms with Crippen molar-refractivity contribution in [1.29, 1.82) is 0 Å². The highest BCUT2D eigenvalue weighted by atomic mass is 19.1. The molecule has 1 unspecified atom stereocenters. The summed E-state index contributed by atoms with van der Waals surface area (Å²) in [6, 6.07) is 2.33. The van der Waals surface area contributed by atoms with E-state index in [1.165, 1.54) is 13.0 Å². The summed E-state index contributed by atoms with van der Waals surface area (Å²) in [7, 11) is 0. The van der Waals surface area contributed by atoms with Gasteiger partial charge in [-0.15, -0.1) is 0 Å². The van der Waals surface area contributed by atoms with Crippen molar-refractivity contribution in [3.05, 3.63) is 34.9 Å². The first-order chi connectivity index (χ1) is 9.14. The first-order valence-electron chi connectivity index (χ1n) is 6.59. The molecule has 1 aromatic rings. The first kappa shape index (κ1) is 16.6. The van der Waals surface area contributed by atoms with Crippen LogP contribution in [0, 0.1) is 24.5 Å². The highest BCUT2D eigenvalue weighted by molar-refractivity contribution is 5.95. The predicted molar refractivity (Wildman–Crippen MR) is 73.5 cm³/mol. The molecule has 0 radical (unpaired) electrons. The van der Waals surface area contributed by atoms with Gasteiger partial charge in [0.15, 0.2) is 0 Å². The topological polar surface area (TPSA) is 49.3 Å². The van der Waals surface area contributed by atoms with Crippen molar-refractivity contribution in [3.63, 3.8) is 0 Å². The van der Waals surface area contributed by atoms with E-state index in [2.05, 4.69) is 5.32 Å². The largest absolute Gasteiger partial charge is 0.388 e. The van der Waals surface area contributed by atoms with Crippen LogP contribution in [0.3, 0.4) is 0 Å². The SMILES string of the molecule is Cc1ccc(F)c(C(=O)NCC(C)(O)CC(C)C)c1F. The summed E-state index contributed by atoms with van der Waals surface area (Å²) in [5.74, 6) is -2.39. The lowest BCUT2D eigenvalue weighted by molar-refractivity contribution is 0.0367. The summed E-state index contributed by atoms with van der Waals surface area (Å²) in [6.45, 7) is 6.86. The van der Waals surface area contributed by atoms with Crippen LogP contribution < -0.4 is 5.32 Å². The zero-order valence-electron chi connectivity index (χ0n) is 12.3. The van der Waals surface area contributed by atoms with Crippen molar-refractivity contribution in [2.45, 2.75) is 39.7 Å². The lowest BCUT2D eigenvalue weighted by Gasteiger charge is -2.25. The van der Waals surface area contributed by atoms with Crippen LogP contribution in [0.1, 0.15) is 43.1 Å². The molecular formula is C15H21F2NO2. The van der Waals surface area contributed by atoms with Crippen molar-refractivity contribution in [2.75, 3.05) is 6.54 Å². The van der Waals surface area contributed by atoms with E-state index in [4.69, 9.17) is 0 Å². The van der Waals surface area contributed by atoms with Crippen molar-refractivity contribution < 1.29 is 18.7 Å². The van der Waals surface area contributed by atoms with Gasteiger partial charge in [-0.3, -0.25) is 4.79 Å². The Balaban J connectivity index is 2.81. The molecule has 0 saturated carbocycles. The van der Waals surface area contributed by atoms with Crippen LogP contribution in [0.5, 0.6) is 0 Å². The monoisotopic (exact) mass is 285 g/mol. The number of aliphatic hydroxyl groups is 1. The van der Waals surface area contributed by atoms with Gasteiger partial charge in [0, 0.05) is 6.54 Å². The van der Waals surface area contributed by atoms with Crippen LogP contribution in [-0.2, 0) is 0 Å². The van der Waals surface area contributed by atoms with Crippen LogP contribution >= 0.6 is 0 Å². The highest BCUT2D eigenvalue weighted by Gasteiger charge is 2.25. The number of amides is 1. The molecule has 3 nitrogen and oxygen atoms in total. The Bertz CT molecular complexity index is 499. The zero-order valence-corrected chi connectivity index (χ0v) is 12.3. The number of carbonyl (C=O) groups excluding carboxylic acids is 1. The van der Waals surface area contributed by atoms with Crippen LogP contribution in [0.25, 0.3) is 0 Å². The minimum atomic E-state index is -1.11. The number of carbonyl (C=O) groups is 1. The lowest BCUT2D eigenvalue weighted by Crippen LogP contribution is -2.42. The van der Waals surface area contributed by atoms with Crippen molar-refractivity contribution >= 4 is 5.91 Å². The summed E-state index contributed by atoms with van der Waals surface area (Å²) in [5, 5.41) is 12.5. The minimum absolute atomic E-state index is 0.0587. The number of aryl methyl sites for hydroxylation is 1. The van der Waals surface area contributed by atoms with Gasteiger partial charge < -0.3 is 10.4 Å². The molecule has 1 atom stereocenters. The van der Waals surface area contributed by atoms with Crippen LogP contribution in [0.2, 0.25) is 0 Å². The van der Waals surface area contributed by atoms with E-state index in [1.807, 2.05) is 13.8 Å². The Morgan fingerprint density at radius 1 is 1.40 bits per heavy atom. The molecule has 112 valence electrons. The molecule has 0 aliphatic rings. The molecule has 0 saturated heterocycles. The second-order valence-corrected chi connectivity index (χ2v) is 5.83. The summed E-state index contributed by atoms with van der Waals surface area (Å²) in [4.78, 5) is 11.9. The Hall–Kier alpha value is -1.49. The lowest BCUT2D eigenvalue weighted by atomic mass is 9.94. The number of rotatable bonds is 5. The predicted octanol–water partition coefficient (Wildman–Crippen LogP) is 2.80. The van der Waals surface area contributed by atoms with Gasteiger partial charge in [-0.25, -0.2) is 8.78 Å². The third-order valence-corrected chi connectivity index (χ3v) is 2.99. The Morgan fingerprint density at radius 3 is 2.55 bits per heavy atom. The number of benzene rings is 1. The summed E-state index contributed by atoms with van der Waals surface area (Å²) in [6.07, 6.45) is 0.478. The number of nitrogens with one attached hydrogen (secondary N) is 1. The third-order valence-electron chi connectivity index (χ3n) is 2.99. The summed E-state index contributed by atoms with van der Waals surface area (Å²) < 4.78 is 27.3. The standard InChI is InChI=1S/C15H21F2NO2/c1-9(2)7-15(4,20)8-18-14(19)12-11(16)6-5-10(3)13(12)17/h5-6,9,20H,7-8H2,1-4H3,(H,18,19). The number of hydrogen-bond donors (Lipinski definition) is 2. The van der Waals surface area contributed by atoms with E-state index in [9.17, 15) is 18.7 Å². The first-order valence-corrected chi connectivity index (χ1v) is 6.59. The van der Waals surface area contributed by atoms with E-state index >= 15 is 0 Å². The molecule has 0 spiro atoms. The average molecular weight is 285 g/mol. The molecule has 0 aromatic heterocycles. The molecular weight excluding hydrogens is 264 g/mol. The van der Waals surface area contributed by atoms with E-state index in [0.717, 1.165) is 6.07 Å².